The van der Waals surface area contributed by atoms with Crippen LogP contribution in [-0.2, 0) is 13.9 Å². The van der Waals surface area contributed by atoms with Gasteiger partial charge in [0, 0.05) is 10.8 Å². The molecule has 0 rings (SSSR count). The van der Waals surface area contributed by atoms with Crippen LogP contribution in [0.25, 0.3) is 0 Å². The SMILES string of the molecule is CC(C)(SS(=O)(=O)O)[C@@H](N)C(=O)O. The van der Waals surface area contributed by atoms with E-state index in [-0.39, 0.29) is 10.8 Å². The largest absolute Gasteiger partial charge is 0.480 e. The highest BCUT2D eigenvalue weighted by Gasteiger charge is 2.36. The van der Waals surface area contributed by atoms with Gasteiger partial charge in [0.2, 0.25) is 0 Å². The Balaban J connectivity index is 4.68. The van der Waals surface area contributed by atoms with Gasteiger partial charge < -0.3 is 10.8 Å². The molecule has 0 aromatic heterocycles. The molecule has 0 saturated carbocycles. The Morgan fingerprint density at radius 2 is 1.92 bits per heavy atom. The van der Waals surface area contributed by atoms with E-state index in [1.54, 1.807) is 0 Å². The van der Waals surface area contributed by atoms with Crippen molar-refractivity contribution >= 4 is 25.9 Å². The molecule has 4 N–H and O–H groups in total. The van der Waals surface area contributed by atoms with Crippen LogP contribution in [0, 0.1) is 0 Å². The summed E-state index contributed by atoms with van der Waals surface area (Å²) in [4.78, 5) is 10.4. The molecule has 0 heterocycles. The zero-order valence-corrected chi connectivity index (χ0v) is 8.72. The van der Waals surface area contributed by atoms with Crippen LogP contribution >= 0.6 is 10.8 Å². The average Bonchev–Trinajstić information content (AvgIpc) is 1.80. The monoisotopic (exact) mass is 229 g/mol. The van der Waals surface area contributed by atoms with Crippen LogP contribution in [0.1, 0.15) is 13.8 Å². The Morgan fingerprint density at radius 3 is 2.15 bits per heavy atom. The molecule has 6 nitrogen and oxygen atoms in total. The standard InChI is InChI=1S/C5H11NO5S2/c1-5(2,3(6)4(7)8)12-13(9,10)11/h3H,6H2,1-2H3,(H,7,8)(H,9,10,11)/t3-/m0/s1. The summed E-state index contributed by atoms with van der Waals surface area (Å²) in [6.07, 6.45) is 0. The first-order chi connectivity index (χ1) is 5.56. The van der Waals surface area contributed by atoms with Crippen LogP contribution in [0.4, 0.5) is 0 Å². The number of rotatable bonds is 4. The summed E-state index contributed by atoms with van der Waals surface area (Å²) in [6.45, 7) is 2.65. The van der Waals surface area contributed by atoms with Crippen molar-refractivity contribution < 1.29 is 22.9 Å². The molecular formula is C5H11NO5S2. The third kappa shape index (κ3) is 4.46. The van der Waals surface area contributed by atoms with Crippen LogP contribution in [-0.4, -0.2) is 34.8 Å². The molecule has 0 saturated heterocycles. The quantitative estimate of drug-likeness (QED) is 0.448. The number of hydrogen-bond acceptors (Lipinski definition) is 5. The molecule has 0 bridgehead atoms. The highest BCUT2D eigenvalue weighted by molar-refractivity contribution is 8.70. The van der Waals surface area contributed by atoms with Crippen LogP contribution in [0.15, 0.2) is 0 Å². The van der Waals surface area contributed by atoms with Crippen LogP contribution in [0.3, 0.4) is 0 Å². The molecule has 0 aliphatic heterocycles. The first-order valence-electron chi connectivity index (χ1n) is 3.23. The second-order valence-electron chi connectivity index (χ2n) is 2.93. The molecule has 78 valence electrons. The maximum Gasteiger partial charge on any atom is 0.321 e. The van der Waals surface area contributed by atoms with E-state index in [9.17, 15) is 13.2 Å². The van der Waals surface area contributed by atoms with Gasteiger partial charge in [0.25, 0.3) is 0 Å². The van der Waals surface area contributed by atoms with Crippen LogP contribution in [0.2, 0.25) is 0 Å². The summed E-state index contributed by atoms with van der Waals surface area (Å²) >= 11 is 0. The van der Waals surface area contributed by atoms with E-state index in [1.807, 2.05) is 0 Å². The zero-order chi connectivity index (χ0) is 10.9. The summed E-state index contributed by atoms with van der Waals surface area (Å²) < 4.78 is 28.1. The fourth-order valence-electron chi connectivity index (χ4n) is 0.621. The Morgan fingerprint density at radius 1 is 1.54 bits per heavy atom. The van der Waals surface area contributed by atoms with Crippen molar-refractivity contribution in [3.8, 4) is 0 Å². The molecule has 0 spiro atoms. The van der Waals surface area contributed by atoms with Gasteiger partial charge in [0.05, 0.1) is 4.75 Å². The van der Waals surface area contributed by atoms with Gasteiger partial charge in [0.15, 0.2) is 0 Å². The van der Waals surface area contributed by atoms with E-state index in [2.05, 4.69) is 0 Å². The second-order valence-corrected chi connectivity index (χ2v) is 6.77. The van der Waals surface area contributed by atoms with Crippen molar-refractivity contribution in [2.45, 2.75) is 24.6 Å². The predicted octanol–water partition coefficient (Wildman–Crippen LogP) is -0.287. The minimum absolute atomic E-state index is 0.117. The van der Waals surface area contributed by atoms with Crippen LogP contribution in [0.5, 0.6) is 0 Å². The lowest BCUT2D eigenvalue weighted by Gasteiger charge is -2.25. The van der Waals surface area contributed by atoms with E-state index in [0.29, 0.717) is 0 Å². The van der Waals surface area contributed by atoms with Gasteiger partial charge in [-0.3, -0.25) is 9.35 Å². The minimum Gasteiger partial charge on any atom is -0.480 e. The molecule has 0 aliphatic carbocycles. The van der Waals surface area contributed by atoms with Crippen LogP contribution < -0.4 is 5.73 Å². The first-order valence-corrected chi connectivity index (χ1v) is 6.00. The van der Waals surface area contributed by atoms with Gasteiger partial charge in [0.1, 0.15) is 6.04 Å². The van der Waals surface area contributed by atoms with E-state index in [1.165, 1.54) is 13.8 Å². The molecule has 0 fully saturated rings. The summed E-state index contributed by atoms with van der Waals surface area (Å²) in [5.74, 6) is -1.32. The van der Waals surface area contributed by atoms with E-state index in [0.717, 1.165) is 0 Å². The zero-order valence-electron chi connectivity index (χ0n) is 7.09. The Kier molecular flexibility index (Phi) is 3.73. The lowest BCUT2D eigenvalue weighted by molar-refractivity contribution is -0.139. The van der Waals surface area contributed by atoms with Crippen molar-refractivity contribution in [1.29, 1.82) is 0 Å². The summed E-state index contributed by atoms with van der Waals surface area (Å²) in [7, 11) is -4.17. The average molecular weight is 229 g/mol. The fraction of sp³-hybridized carbons (Fsp3) is 0.800. The maximum absolute atomic E-state index is 10.4. The smallest absolute Gasteiger partial charge is 0.321 e. The van der Waals surface area contributed by atoms with Crippen molar-refractivity contribution in [2.24, 2.45) is 5.73 Å². The third-order valence-electron chi connectivity index (χ3n) is 1.34. The van der Waals surface area contributed by atoms with Crippen molar-refractivity contribution in [1.82, 2.24) is 0 Å². The van der Waals surface area contributed by atoms with Gasteiger partial charge in [-0.1, -0.05) is 0 Å². The number of carbonyl (C=O) groups is 1. The van der Waals surface area contributed by atoms with E-state index < -0.39 is 25.9 Å². The number of carboxylic acids is 1. The minimum atomic E-state index is -4.29. The van der Waals surface area contributed by atoms with Crippen molar-refractivity contribution in [2.75, 3.05) is 0 Å². The first kappa shape index (κ1) is 12.7. The molecule has 0 aromatic rings. The molecule has 0 amide bonds. The lowest BCUT2D eigenvalue weighted by atomic mass is 10.1. The van der Waals surface area contributed by atoms with E-state index in [4.69, 9.17) is 15.4 Å². The van der Waals surface area contributed by atoms with E-state index >= 15 is 0 Å². The predicted molar refractivity (Wildman–Crippen MR) is 48.8 cm³/mol. The fourth-order valence-corrected chi connectivity index (χ4v) is 3.31. The summed E-state index contributed by atoms with van der Waals surface area (Å²) in [5.41, 5.74) is 5.21. The Bertz CT molecular complexity index is 296. The highest BCUT2D eigenvalue weighted by Crippen LogP contribution is 2.31. The highest BCUT2D eigenvalue weighted by atomic mass is 33.1. The molecule has 0 unspecified atom stereocenters. The van der Waals surface area contributed by atoms with Gasteiger partial charge in [-0.05, 0) is 13.8 Å². The molecule has 1 atom stereocenters. The molecule has 0 aromatic carbocycles. The number of hydrogen-bond donors (Lipinski definition) is 3. The normalized spacial score (nSPS) is 15.4. The lowest BCUT2D eigenvalue weighted by Crippen LogP contribution is -2.47. The molecule has 0 radical (unpaired) electrons. The molecule has 8 heteroatoms. The van der Waals surface area contributed by atoms with Gasteiger partial charge in [-0.2, -0.15) is 8.42 Å². The summed E-state index contributed by atoms with van der Waals surface area (Å²) in [6, 6.07) is -1.36. The van der Waals surface area contributed by atoms with Crippen molar-refractivity contribution in [3.63, 3.8) is 0 Å². The van der Waals surface area contributed by atoms with Crippen molar-refractivity contribution in [3.05, 3.63) is 0 Å². The Hall–Kier alpha value is -0.310. The third-order valence-corrected chi connectivity index (χ3v) is 4.15. The number of carboxylic acid groups (broad SMARTS) is 1. The van der Waals surface area contributed by atoms with Gasteiger partial charge in [-0.25, -0.2) is 0 Å². The molecule has 13 heavy (non-hydrogen) atoms. The topological polar surface area (TPSA) is 118 Å². The van der Waals surface area contributed by atoms with Gasteiger partial charge in [-0.15, -0.1) is 0 Å². The second kappa shape index (κ2) is 3.82. The van der Waals surface area contributed by atoms with Gasteiger partial charge >= 0.3 is 15.1 Å². The maximum atomic E-state index is 10.4. The number of nitrogens with two attached hydrogens (primary N) is 1. The number of aliphatic carboxylic acids is 1. The molecule has 0 aliphatic rings. The Labute approximate surface area is 79.6 Å². The molecular weight excluding hydrogens is 218 g/mol. The summed E-state index contributed by atoms with van der Waals surface area (Å²) in [5, 5.41) is 8.50.